The van der Waals surface area contributed by atoms with E-state index in [1.54, 1.807) is 18.2 Å². The van der Waals surface area contributed by atoms with Crippen molar-refractivity contribution in [2.75, 3.05) is 11.1 Å². The number of halogens is 2. The molecule has 1 amide bonds. The summed E-state index contributed by atoms with van der Waals surface area (Å²) in [5.41, 5.74) is 6.46. The van der Waals surface area contributed by atoms with E-state index in [2.05, 4.69) is 21.2 Å². The Kier molecular flexibility index (Phi) is 3.71. The van der Waals surface area contributed by atoms with Crippen molar-refractivity contribution < 1.29 is 14.3 Å². The van der Waals surface area contributed by atoms with E-state index in [-0.39, 0.29) is 11.3 Å². The van der Waals surface area contributed by atoms with E-state index in [0.29, 0.717) is 15.8 Å². The van der Waals surface area contributed by atoms with E-state index in [0.717, 1.165) is 18.2 Å². The predicted octanol–water partition coefficient (Wildman–Crippen LogP) is 3.13. The van der Waals surface area contributed by atoms with E-state index in [9.17, 15) is 14.3 Å². The van der Waals surface area contributed by atoms with Crippen LogP contribution in [0.3, 0.4) is 0 Å². The van der Waals surface area contributed by atoms with E-state index >= 15 is 0 Å². The lowest BCUT2D eigenvalue weighted by molar-refractivity contribution is 0.102. The maximum atomic E-state index is 13.1. The topological polar surface area (TPSA) is 75.3 Å². The fourth-order valence-electron chi connectivity index (χ4n) is 1.51. The summed E-state index contributed by atoms with van der Waals surface area (Å²) in [5, 5.41) is 12.1. The number of phenolic OH excluding ortho intramolecular Hbond substituents is 1. The van der Waals surface area contributed by atoms with Crippen LogP contribution in [0, 0.1) is 5.82 Å². The van der Waals surface area contributed by atoms with E-state index in [1.807, 2.05) is 0 Å². The molecule has 19 heavy (non-hydrogen) atoms. The van der Waals surface area contributed by atoms with Gasteiger partial charge in [0.15, 0.2) is 0 Å². The molecule has 6 heteroatoms. The van der Waals surface area contributed by atoms with Crippen molar-refractivity contribution in [3.05, 3.63) is 52.3 Å². The minimum atomic E-state index is -0.609. The molecule has 0 atom stereocenters. The minimum Gasteiger partial charge on any atom is -0.507 e. The summed E-state index contributed by atoms with van der Waals surface area (Å²) < 4.78 is 13.7. The zero-order chi connectivity index (χ0) is 14.0. The number of nitrogens with two attached hydrogens (primary N) is 1. The highest BCUT2D eigenvalue weighted by molar-refractivity contribution is 9.10. The number of nitrogens with one attached hydrogen (secondary N) is 1. The molecule has 2 aromatic rings. The predicted molar refractivity (Wildman–Crippen MR) is 74.6 cm³/mol. The van der Waals surface area contributed by atoms with Crippen molar-refractivity contribution in [3.8, 4) is 5.75 Å². The smallest absolute Gasteiger partial charge is 0.259 e. The SMILES string of the molecule is Nc1ccc(NC(=O)c2cc(F)ccc2O)c(Br)c1. The van der Waals surface area contributed by atoms with Gasteiger partial charge >= 0.3 is 0 Å². The standard InChI is InChI=1S/C13H10BrFN2O2/c14-10-6-8(16)2-3-11(10)17-13(19)9-5-7(15)1-4-12(9)18/h1-6,18H,16H2,(H,17,19). The van der Waals surface area contributed by atoms with Crippen LogP contribution in [0.15, 0.2) is 40.9 Å². The van der Waals surface area contributed by atoms with Crippen LogP contribution >= 0.6 is 15.9 Å². The molecule has 0 aromatic heterocycles. The van der Waals surface area contributed by atoms with Gasteiger partial charge in [0.25, 0.3) is 5.91 Å². The lowest BCUT2D eigenvalue weighted by Crippen LogP contribution is -2.12. The second-order valence-corrected chi connectivity index (χ2v) is 4.71. The Labute approximate surface area is 117 Å². The molecule has 0 aliphatic carbocycles. The molecule has 0 bridgehead atoms. The van der Waals surface area contributed by atoms with Gasteiger partial charge in [-0.1, -0.05) is 0 Å². The molecule has 98 valence electrons. The third kappa shape index (κ3) is 3.03. The first-order valence-electron chi connectivity index (χ1n) is 5.32. The Bertz CT molecular complexity index is 647. The quantitative estimate of drug-likeness (QED) is 0.743. The summed E-state index contributed by atoms with van der Waals surface area (Å²) in [6.45, 7) is 0. The molecule has 0 heterocycles. The van der Waals surface area contributed by atoms with Crippen LogP contribution in [0.1, 0.15) is 10.4 Å². The second-order valence-electron chi connectivity index (χ2n) is 3.85. The Morgan fingerprint density at radius 2 is 2.00 bits per heavy atom. The monoisotopic (exact) mass is 324 g/mol. The number of amides is 1. The van der Waals surface area contributed by atoms with Crippen LogP contribution in [0.25, 0.3) is 0 Å². The van der Waals surface area contributed by atoms with Gasteiger partial charge in [0.1, 0.15) is 11.6 Å². The summed E-state index contributed by atoms with van der Waals surface area (Å²) in [6.07, 6.45) is 0. The number of hydrogen-bond acceptors (Lipinski definition) is 3. The lowest BCUT2D eigenvalue weighted by Gasteiger charge is -2.09. The highest BCUT2D eigenvalue weighted by atomic mass is 79.9. The normalized spacial score (nSPS) is 10.2. The van der Waals surface area contributed by atoms with Crippen LogP contribution in [0.2, 0.25) is 0 Å². The number of rotatable bonds is 2. The molecular weight excluding hydrogens is 315 g/mol. The van der Waals surface area contributed by atoms with Gasteiger partial charge in [0, 0.05) is 10.2 Å². The van der Waals surface area contributed by atoms with Crippen LogP contribution in [-0.2, 0) is 0 Å². The number of phenols is 1. The van der Waals surface area contributed by atoms with E-state index < -0.39 is 11.7 Å². The third-order valence-corrected chi connectivity index (χ3v) is 3.10. The Hall–Kier alpha value is -2.08. The highest BCUT2D eigenvalue weighted by Gasteiger charge is 2.13. The molecule has 0 unspecified atom stereocenters. The molecule has 2 aromatic carbocycles. The number of hydrogen-bond donors (Lipinski definition) is 3. The Balaban J connectivity index is 2.28. The molecule has 0 aliphatic heterocycles. The number of anilines is 2. The van der Waals surface area contributed by atoms with Crippen LogP contribution in [0.5, 0.6) is 5.75 Å². The van der Waals surface area contributed by atoms with Crippen molar-refractivity contribution in [2.24, 2.45) is 0 Å². The van der Waals surface area contributed by atoms with Gasteiger partial charge in [-0.15, -0.1) is 0 Å². The number of aromatic hydroxyl groups is 1. The molecule has 4 N–H and O–H groups in total. The first kappa shape index (κ1) is 13.4. The van der Waals surface area contributed by atoms with E-state index in [4.69, 9.17) is 5.73 Å². The molecule has 0 saturated carbocycles. The zero-order valence-corrected chi connectivity index (χ0v) is 11.2. The number of carbonyl (C=O) groups is 1. The van der Waals surface area contributed by atoms with Crippen molar-refractivity contribution in [2.45, 2.75) is 0 Å². The largest absolute Gasteiger partial charge is 0.507 e. The lowest BCUT2D eigenvalue weighted by atomic mass is 10.1. The van der Waals surface area contributed by atoms with E-state index in [1.165, 1.54) is 0 Å². The molecule has 0 aliphatic rings. The third-order valence-electron chi connectivity index (χ3n) is 2.44. The van der Waals surface area contributed by atoms with Crippen LogP contribution < -0.4 is 11.1 Å². The summed E-state index contributed by atoms with van der Waals surface area (Å²) in [7, 11) is 0. The second kappa shape index (κ2) is 5.27. The first-order valence-corrected chi connectivity index (χ1v) is 6.11. The summed E-state index contributed by atoms with van der Waals surface area (Å²) in [6, 6.07) is 8.02. The highest BCUT2D eigenvalue weighted by Crippen LogP contribution is 2.26. The Morgan fingerprint density at radius 3 is 2.68 bits per heavy atom. The van der Waals surface area contributed by atoms with Gasteiger partial charge in [-0.3, -0.25) is 4.79 Å². The van der Waals surface area contributed by atoms with Crippen molar-refractivity contribution >= 4 is 33.2 Å². The van der Waals surface area contributed by atoms with Crippen LogP contribution in [0.4, 0.5) is 15.8 Å². The van der Waals surface area contributed by atoms with Gasteiger partial charge < -0.3 is 16.2 Å². The summed E-state index contributed by atoms with van der Waals surface area (Å²) in [4.78, 5) is 11.9. The average Bonchev–Trinajstić information content (AvgIpc) is 2.35. The van der Waals surface area contributed by atoms with Gasteiger partial charge in [0.2, 0.25) is 0 Å². The van der Waals surface area contributed by atoms with Gasteiger partial charge in [-0.25, -0.2) is 4.39 Å². The molecular formula is C13H10BrFN2O2. The van der Waals surface area contributed by atoms with Crippen molar-refractivity contribution in [1.82, 2.24) is 0 Å². The van der Waals surface area contributed by atoms with Crippen molar-refractivity contribution in [3.63, 3.8) is 0 Å². The van der Waals surface area contributed by atoms with Gasteiger partial charge in [-0.2, -0.15) is 0 Å². The fourth-order valence-corrected chi connectivity index (χ4v) is 2.01. The fraction of sp³-hybridized carbons (Fsp3) is 0. The van der Waals surface area contributed by atoms with Crippen molar-refractivity contribution in [1.29, 1.82) is 0 Å². The molecule has 2 rings (SSSR count). The molecule has 4 nitrogen and oxygen atoms in total. The molecule has 0 fully saturated rings. The zero-order valence-electron chi connectivity index (χ0n) is 9.65. The van der Waals surface area contributed by atoms with Gasteiger partial charge in [0.05, 0.1) is 11.3 Å². The summed E-state index contributed by atoms with van der Waals surface area (Å²) >= 11 is 3.25. The van der Waals surface area contributed by atoms with Crippen LogP contribution in [-0.4, -0.2) is 11.0 Å². The van der Waals surface area contributed by atoms with Gasteiger partial charge in [-0.05, 0) is 52.3 Å². The Morgan fingerprint density at radius 1 is 1.26 bits per heavy atom. The number of carbonyl (C=O) groups excluding carboxylic acids is 1. The average molecular weight is 325 g/mol. The maximum absolute atomic E-state index is 13.1. The summed E-state index contributed by atoms with van der Waals surface area (Å²) in [5.74, 6) is -1.49. The molecule has 0 radical (unpaired) electrons. The molecule has 0 spiro atoms. The number of nitrogen functional groups attached to an aromatic ring is 1. The minimum absolute atomic E-state index is 0.135. The number of benzene rings is 2. The first-order chi connectivity index (χ1) is 8.97. The molecule has 0 saturated heterocycles. The maximum Gasteiger partial charge on any atom is 0.259 e.